The number of amides is 1. The van der Waals surface area contributed by atoms with E-state index in [2.05, 4.69) is 19.2 Å². The zero-order chi connectivity index (χ0) is 15.0. The van der Waals surface area contributed by atoms with Gasteiger partial charge in [-0.05, 0) is 37.8 Å². The summed E-state index contributed by atoms with van der Waals surface area (Å²) < 4.78 is 5.58. The summed E-state index contributed by atoms with van der Waals surface area (Å²) in [5.74, 6) is -0.0419. The van der Waals surface area contributed by atoms with Crippen LogP contribution in [-0.2, 0) is 16.0 Å². The van der Waals surface area contributed by atoms with E-state index < -0.39 is 6.10 Å². The molecule has 0 aromatic heterocycles. The second kappa shape index (κ2) is 8.59. The molecule has 3 N–H and O–H groups in total. The van der Waals surface area contributed by atoms with E-state index >= 15 is 0 Å². The van der Waals surface area contributed by atoms with Crippen LogP contribution in [0.1, 0.15) is 39.2 Å². The van der Waals surface area contributed by atoms with Gasteiger partial charge in [0.1, 0.15) is 6.10 Å². The lowest BCUT2D eigenvalue weighted by Gasteiger charge is -2.19. The van der Waals surface area contributed by atoms with Crippen LogP contribution in [0.15, 0.2) is 24.3 Å². The summed E-state index contributed by atoms with van der Waals surface area (Å²) in [6.07, 6.45) is 2.17. The van der Waals surface area contributed by atoms with Crippen LogP contribution in [0.25, 0.3) is 0 Å². The summed E-state index contributed by atoms with van der Waals surface area (Å²) in [7, 11) is 0. The Kier molecular flexibility index (Phi) is 7.09. The number of hydrogen-bond acceptors (Lipinski definition) is 3. The van der Waals surface area contributed by atoms with Gasteiger partial charge in [-0.1, -0.05) is 32.0 Å². The van der Waals surface area contributed by atoms with Gasteiger partial charge in [-0.2, -0.15) is 0 Å². The summed E-state index contributed by atoms with van der Waals surface area (Å²) in [6, 6.07) is 7.95. The van der Waals surface area contributed by atoms with Gasteiger partial charge < -0.3 is 15.8 Å². The Morgan fingerprint density at radius 3 is 2.55 bits per heavy atom. The zero-order valence-corrected chi connectivity index (χ0v) is 12.7. The molecule has 0 fully saturated rings. The molecule has 1 rings (SSSR count). The molecule has 1 aromatic carbocycles. The number of nitrogen functional groups attached to an aromatic ring is 1. The molecule has 4 heteroatoms. The average Bonchev–Trinajstić information content (AvgIpc) is 2.46. The number of nitrogens with one attached hydrogen (secondary N) is 1. The molecular weight excluding hydrogens is 252 g/mol. The SMILES string of the molecule is CCC(CC)NC(=O)C(C)OCCc1ccccc1N. The van der Waals surface area contributed by atoms with Crippen molar-refractivity contribution in [3.05, 3.63) is 29.8 Å². The number of para-hydroxylation sites is 1. The molecule has 0 saturated carbocycles. The van der Waals surface area contributed by atoms with Crippen molar-refractivity contribution in [3.8, 4) is 0 Å². The second-order valence-electron chi connectivity index (χ2n) is 4.98. The Labute approximate surface area is 121 Å². The van der Waals surface area contributed by atoms with Gasteiger partial charge in [0.2, 0.25) is 5.91 Å². The van der Waals surface area contributed by atoms with E-state index in [1.54, 1.807) is 6.92 Å². The van der Waals surface area contributed by atoms with Gasteiger partial charge in [0, 0.05) is 11.7 Å². The van der Waals surface area contributed by atoms with E-state index in [0.717, 1.165) is 30.5 Å². The molecule has 0 bridgehead atoms. The van der Waals surface area contributed by atoms with E-state index in [9.17, 15) is 4.79 Å². The summed E-state index contributed by atoms with van der Waals surface area (Å²) in [5.41, 5.74) is 7.69. The highest BCUT2D eigenvalue weighted by molar-refractivity contribution is 5.80. The zero-order valence-electron chi connectivity index (χ0n) is 12.7. The molecule has 0 aliphatic carbocycles. The van der Waals surface area contributed by atoms with Gasteiger partial charge in [-0.3, -0.25) is 4.79 Å². The highest BCUT2D eigenvalue weighted by Gasteiger charge is 2.16. The number of hydrogen-bond donors (Lipinski definition) is 2. The number of rotatable bonds is 8. The van der Waals surface area contributed by atoms with E-state index in [0.29, 0.717) is 6.61 Å². The van der Waals surface area contributed by atoms with E-state index in [4.69, 9.17) is 10.5 Å². The molecule has 0 heterocycles. The Hall–Kier alpha value is -1.55. The lowest BCUT2D eigenvalue weighted by Crippen LogP contribution is -2.41. The lowest BCUT2D eigenvalue weighted by molar-refractivity contribution is -0.132. The molecule has 20 heavy (non-hydrogen) atoms. The van der Waals surface area contributed by atoms with Gasteiger partial charge >= 0.3 is 0 Å². The monoisotopic (exact) mass is 278 g/mol. The molecule has 112 valence electrons. The maximum Gasteiger partial charge on any atom is 0.249 e. The molecule has 0 saturated heterocycles. The van der Waals surface area contributed by atoms with Crippen molar-refractivity contribution >= 4 is 11.6 Å². The van der Waals surface area contributed by atoms with Crippen molar-refractivity contribution in [2.24, 2.45) is 0 Å². The molecule has 1 aromatic rings. The second-order valence-corrected chi connectivity index (χ2v) is 4.98. The first-order valence-corrected chi connectivity index (χ1v) is 7.33. The summed E-state index contributed by atoms with van der Waals surface area (Å²) in [5, 5.41) is 2.99. The molecule has 0 radical (unpaired) electrons. The minimum absolute atomic E-state index is 0.0419. The number of carbonyl (C=O) groups is 1. The standard InChI is InChI=1S/C16H26N2O2/c1-4-14(5-2)18-16(19)12(3)20-11-10-13-8-6-7-9-15(13)17/h6-9,12,14H,4-5,10-11,17H2,1-3H3,(H,18,19). The average molecular weight is 278 g/mol. The highest BCUT2D eigenvalue weighted by atomic mass is 16.5. The predicted octanol–water partition coefficient (Wildman–Crippen LogP) is 2.52. The number of anilines is 1. The van der Waals surface area contributed by atoms with Gasteiger partial charge in [0.25, 0.3) is 0 Å². The van der Waals surface area contributed by atoms with Gasteiger partial charge in [0.05, 0.1) is 6.61 Å². The van der Waals surface area contributed by atoms with E-state index in [-0.39, 0.29) is 11.9 Å². The van der Waals surface area contributed by atoms with Gasteiger partial charge in [0.15, 0.2) is 0 Å². The Bertz CT molecular complexity index is 417. The van der Waals surface area contributed by atoms with Crippen molar-refractivity contribution in [2.75, 3.05) is 12.3 Å². The van der Waals surface area contributed by atoms with Crippen molar-refractivity contribution in [3.63, 3.8) is 0 Å². The topological polar surface area (TPSA) is 64.3 Å². The maximum absolute atomic E-state index is 11.9. The summed E-state index contributed by atoms with van der Waals surface area (Å²) in [6.45, 7) is 6.41. The first kappa shape index (κ1) is 16.5. The van der Waals surface area contributed by atoms with Crippen molar-refractivity contribution in [1.29, 1.82) is 0 Å². The molecule has 0 aliphatic heterocycles. The Balaban J connectivity index is 2.34. The third-order valence-electron chi connectivity index (χ3n) is 3.50. The highest BCUT2D eigenvalue weighted by Crippen LogP contribution is 2.11. The van der Waals surface area contributed by atoms with E-state index in [1.165, 1.54) is 0 Å². The normalized spacial score (nSPS) is 12.4. The minimum atomic E-state index is -0.430. The minimum Gasteiger partial charge on any atom is -0.399 e. The van der Waals surface area contributed by atoms with Crippen LogP contribution in [0.3, 0.4) is 0 Å². The number of benzene rings is 1. The lowest BCUT2D eigenvalue weighted by atomic mass is 10.1. The predicted molar refractivity (Wildman–Crippen MR) is 82.5 cm³/mol. The molecule has 4 nitrogen and oxygen atoms in total. The van der Waals surface area contributed by atoms with Crippen LogP contribution in [0.2, 0.25) is 0 Å². The number of nitrogens with two attached hydrogens (primary N) is 1. The molecule has 1 atom stereocenters. The fourth-order valence-corrected chi connectivity index (χ4v) is 1.99. The fourth-order valence-electron chi connectivity index (χ4n) is 1.99. The van der Waals surface area contributed by atoms with Crippen LogP contribution in [0, 0.1) is 0 Å². The van der Waals surface area contributed by atoms with Crippen LogP contribution < -0.4 is 11.1 Å². The summed E-state index contributed by atoms with van der Waals surface area (Å²) >= 11 is 0. The van der Waals surface area contributed by atoms with Crippen molar-refractivity contribution in [2.45, 2.75) is 52.2 Å². The molecule has 0 aliphatic rings. The Morgan fingerprint density at radius 2 is 1.95 bits per heavy atom. The van der Waals surface area contributed by atoms with Crippen LogP contribution in [-0.4, -0.2) is 24.7 Å². The molecule has 1 amide bonds. The van der Waals surface area contributed by atoms with Crippen LogP contribution in [0.5, 0.6) is 0 Å². The van der Waals surface area contributed by atoms with E-state index in [1.807, 2.05) is 24.3 Å². The quantitative estimate of drug-likeness (QED) is 0.718. The third-order valence-corrected chi connectivity index (χ3v) is 3.50. The van der Waals surface area contributed by atoms with Crippen molar-refractivity contribution in [1.82, 2.24) is 5.32 Å². The van der Waals surface area contributed by atoms with Gasteiger partial charge in [-0.15, -0.1) is 0 Å². The largest absolute Gasteiger partial charge is 0.399 e. The molecular formula is C16H26N2O2. The summed E-state index contributed by atoms with van der Waals surface area (Å²) in [4.78, 5) is 11.9. The fraction of sp³-hybridized carbons (Fsp3) is 0.562. The van der Waals surface area contributed by atoms with Gasteiger partial charge in [-0.25, -0.2) is 0 Å². The smallest absolute Gasteiger partial charge is 0.249 e. The first-order valence-electron chi connectivity index (χ1n) is 7.33. The van der Waals surface area contributed by atoms with Crippen LogP contribution in [0.4, 0.5) is 5.69 Å². The number of carbonyl (C=O) groups excluding carboxylic acids is 1. The van der Waals surface area contributed by atoms with Crippen molar-refractivity contribution < 1.29 is 9.53 Å². The van der Waals surface area contributed by atoms with Crippen LogP contribution >= 0.6 is 0 Å². The third kappa shape index (κ3) is 5.21. The first-order chi connectivity index (χ1) is 9.58. The Morgan fingerprint density at radius 1 is 1.30 bits per heavy atom. The molecule has 1 unspecified atom stereocenters. The number of ether oxygens (including phenoxy) is 1. The molecule has 0 spiro atoms. The maximum atomic E-state index is 11.9.